The van der Waals surface area contributed by atoms with Crippen molar-refractivity contribution in [1.82, 2.24) is 5.32 Å². The number of urea groups is 1. The normalized spacial score (nSPS) is 22.4. The first-order valence-corrected chi connectivity index (χ1v) is 7.03. The predicted molar refractivity (Wildman–Crippen MR) is 76.1 cm³/mol. The van der Waals surface area contributed by atoms with Gasteiger partial charge in [0.15, 0.2) is 0 Å². The second-order valence-corrected chi connectivity index (χ2v) is 5.48. The Kier molecular flexibility index (Phi) is 4.95. The highest BCUT2D eigenvalue weighted by Gasteiger charge is 2.22. The zero-order valence-electron chi connectivity index (χ0n) is 11.7. The Bertz CT molecular complexity index is 471. The molecule has 0 unspecified atom stereocenters. The molecule has 1 aliphatic rings. The van der Waals surface area contributed by atoms with Crippen LogP contribution >= 0.6 is 0 Å². The van der Waals surface area contributed by atoms with Gasteiger partial charge in [-0.3, -0.25) is 0 Å². The fourth-order valence-electron chi connectivity index (χ4n) is 2.55. The molecule has 4 nitrogen and oxygen atoms in total. The fraction of sp³-hybridized carbons (Fsp3) is 0.533. The molecule has 5 heteroatoms. The van der Waals surface area contributed by atoms with E-state index < -0.39 is 5.82 Å². The van der Waals surface area contributed by atoms with Crippen LogP contribution in [0.15, 0.2) is 18.2 Å². The van der Waals surface area contributed by atoms with E-state index in [1.165, 1.54) is 6.07 Å². The van der Waals surface area contributed by atoms with Crippen LogP contribution in [-0.4, -0.2) is 23.8 Å². The molecule has 2 amide bonds. The van der Waals surface area contributed by atoms with Gasteiger partial charge in [-0.05, 0) is 56.2 Å². The van der Waals surface area contributed by atoms with Gasteiger partial charge in [0.25, 0.3) is 0 Å². The van der Waals surface area contributed by atoms with Crippen LogP contribution in [-0.2, 0) is 0 Å². The Balaban J connectivity index is 1.84. The van der Waals surface area contributed by atoms with Crippen molar-refractivity contribution in [2.24, 2.45) is 5.92 Å². The van der Waals surface area contributed by atoms with Gasteiger partial charge in [-0.1, -0.05) is 6.07 Å². The minimum Gasteiger partial charge on any atom is -0.396 e. The third-order valence-corrected chi connectivity index (χ3v) is 3.81. The number of benzene rings is 1. The predicted octanol–water partition coefficient (Wildman–Crippen LogP) is 2.81. The van der Waals surface area contributed by atoms with Gasteiger partial charge in [-0.2, -0.15) is 0 Å². The number of anilines is 1. The van der Waals surface area contributed by atoms with Crippen LogP contribution in [0.5, 0.6) is 0 Å². The number of nitrogens with one attached hydrogen (secondary N) is 2. The standard InChI is InChI=1S/C15H21FN2O2/c1-10-2-7-14(13(16)8-10)18-15(20)17-12-5-3-11(9-19)4-6-12/h2,7-8,11-12,19H,3-6,9H2,1H3,(H2,17,18,20). The van der Waals surface area contributed by atoms with Crippen molar-refractivity contribution >= 4 is 11.7 Å². The summed E-state index contributed by atoms with van der Waals surface area (Å²) in [6.45, 7) is 2.01. The first kappa shape index (κ1) is 14.8. The summed E-state index contributed by atoms with van der Waals surface area (Å²) in [5.74, 6) is -0.0743. The Morgan fingerprint density at radius 1 is 1.35 bits per heavy atom. The van der Waals surface area contributed by atoms with E-state index in [-0.39, 0.29) is 24.4 Å². The van der Waals surface area contributed by atoms with Crippen molar-refractivity contribution in [3.8, 4) is 0 Å². The number of aliphatic hydroxyl groups is 1. The summed E-state index contributed by atoms with van der Waals surface area (Å²) in [4.78, 5) is 11.8. The van der Waals surface area contributed by atoms with Gasteiger partial charge in [0.2, 0.25) is 0 Å². The second kappa shape index (κ2) is 6.70. The van der Waals surface area contributed by atoms with E-state index in [9.17, 15) is 9.18 Å². The SMILES string of the molecule is Cc1ccc(NC(=O)NC2CCC(CO)CC2)c(F)c1. The molecule has 1 aliphatic carbocycles. The van der Waals surface area contributed by atoms with Crippen LogP contribution in [0, 0.1) is 18.7 Å². The van der Waals surface area contributed by atoms with Crippen LogP contribution < -0.4 is 10.6 Å². The first-order valence-electron chi connectivity index (χ1n) is 7.03. The first-order chi connectivity index (χ1) is 9.58. The molecule has 1 aromatic carbocycles. The lowest BCUT2D eigenvalue weighted by molar-refractivity contribution is 0.176. The molecule has 0 saturated heterocycles. The third-order valence-electron chi connectivity index (χ3n) is 3.81. The van der Waals surface area contributed by atoms with E-state index in [1.807, 2.05) is 0 Å². The lowest BCUT2D eigenvalue weighted by atomic mass is 9.87. The average Bonchev–Trinajstić information content (AvgIpc) is 2.43. The van der Waals surface area contributed by atoms with Gasteiger partial charge in [0.05, 0.1) is 5.69 Å². The highest BCUT2D eigenvalue weighted by atomic mass is 19.1. The maximum Gasteiger partial charge on any atom is 0.319 e. The summed E-state index contributed by atoms with van der Waals surface area (Å²) >= 11 is 0. The Morgan fingerprint density at radius 3 is 2.65 bits per heavy atom. The maximum atomic E-state index is 13.6. The van der Waals surface area contributed by atoms with Crippen LogP contribution in [0.4, 0.5) is 14.9 Å². The number of carbonyl (C=O) groups excluding carboxylic acids is 1. The molecule has 3 N–H and O–H groups in total. The third kappa shape index (κ3) is 3.93. The van der Waals surface area contributed by atoms with E-state index in [0.717, 1.165) is 31.2 Å². The van der Waals surface area contributed by atoms with Gasteiger partial charge in [-0.25, -0.2) is 9.18 Å². The van der Waals surface area contributed by atoms with Gasteiger partial charge >= 0.3 is 6.03 Å². The number of hydrogen-bond donors (Lipinski definition) is 3. The van der Waals surface area contributed by atoms with Gasteiger partial charge in [-0.15, -0.1) is 0 Å². The van der Waals surface area contributed by atoms with E-state index in [2.05, 4.69) is 10.6 Å². The highest BCUT2D eigenvalue weighted by molar-refractivity contribution is 5.89. The molecule has 2 rings (SSSR count). The largest absolute Gasteiger partial charge is 0.396 e. The number of aliphatic hydroxyl groups excluding tert-OH is 1. The molecule has 1 saturated carbocycles. The molecular weight excluding hydrogens is 259 g/mol. The highest BCUT2D eigenvalue weighted by Crippen LogP contribution is 2.23. The van der Waals surface area contributed by atoms with Crippen LogP contribution in [0.2, 0.25) is 0 Å². The van der Waals surface area contributed by atoms with Crippen LogP contribution in [0.25, 0.3) is 0 Å². The molecule has 0 aliphatic heterocycles. The quantitative estimate of drug-likeness (QED) is 0.797. The molecule has 0 spiro atoms. The van der Waals surface area contributed by atoms with Gasteiger partial charge in [0.1, 0.15) is 5.82 Å². The number of hydrogen-bond acceptors (Lipinski definition) is 2. The minimum absolute atomic E-state index is 0.103. The van der Waals surface area contributed by atoms with E-state index in [4.69, 9.17) is 5.11 Å². The van der Waals surface area contributed by atoms with E-state index in [1.54, 1.807) is 19.1 Å². The number of rotatable bonds is 3. The molecule has 0 atom stereocenters. The van der Waals surface area contributed by atoms with Crippen molar-refractivity contribution in [1.29, 1.82) is 0 Å². The zero-order chi connectivity index (χ0) is 14.5. The minimum atomic E-state index is -0.427. The van der Waals surface area contributed by atoms with Gasteiger partial charge < -0.3 is 15.7 Å². The Morgan fingerprint density at radius 2 is 2.05 bits per heavy atom. The molecule has 1 aromatic rings. The summed E-state index contributed by atoms with van der Waals surface area (Å²) < 4.78 is 13.6. The lowest BCUT2D eigenvalue weighted by Crippen LogP contribution is -2.40. The van der Waals surface area contributed by atoms with Crippen molar-refractivity contribution in [3.05, 3.63) is 29.6 Å². The number of halogens is 1. The fourth-order valence-corrected chi connectivity index (χ4v) is 2.55. The molecular formula is C15H21FN2O2. The lowest BCUT2D eigenvalue weighted by Gasteiger charge is -2.27. The monoisotopic (exact) mass is 280 g/mol. The summed E-state index contributed by atoms with van der Waals surface area (Å²) in [7, 11) is 0. The molecule has 0 aromatic heterocycles. The molecule has 20 heavy (non-hydrogen) atoms. The zero-order valence-corrected chi connectivity index (χ0v) is 11.7. The maximum absolute atomic E-state index is 13.6. The Hall–Kier alpha value is -1.62. The van der Waals surface area contributed by atoms with E-state index in [0.29, 0.717) is 5.92 Å². The summed E-state index contributed by atoms with van der Waals surface area (Å²) in [6, 6.07) is 4.44. The van der Waals surface area contributed by atoms with Crippen LogP contribution in [0.1, 0.15) is 31.2 Å². The molecule has 0 radical (unpaired) electrons. The molecule has 1 fully saturated rings. The topological polar surface area (TPSA) is 61.4 Å². The molecule has 0 bridgehead atoms. The van der Waals surface area contributed by atoms with Crippen molar-refractivity contribution in [2.75, 3.05) is 11.9 Å². The van der Waals surface area contributed by atoms with E-state index >= 15 is 0 Å². The Labute approximate surface area is 118 Å². The average molecular weight is 280 g/mol. The van der Waals surface area contributed by atoms with Gasteiger partial charge in [0, 0.05) is 12.6 Å². The molecule has 0 heterocycles. The van der Waals surface area contributed by atoms with Crippen LogP contribution in [0.3, 0.4) is 0 Å². The summed E-state index contributed by atoms with van der Waals surface area (Å²) in [5, 5.41) is 14.5. The summed E-state index contributed by atoms with van der Waals surface area (Å²) in [5.41, 5.74) is 1.01. The van der Waals surface area contributed by atoms with Crippen molar-refractivity contribution in [2.45, 2.75) is 38.6 Å². The second-order valence-electron chi connectivity index (χ2n) is 5.48. The van der Waals surface area contributed by atoms with Crippen molar-refractivity contribution in [3.63, 3.8) is 0 Å². The summed E-state index contributed by atoms with van der Waals surface area (Å²) in [6.07, 6.45) is 3.55. The van der Waals surface area contributed by atoms with Crippen molar-refractivity contribution < 1.29 is 14.3 Å². The molecule has 110 valence electrons. The number of carbonyl (C=O) groups is 1. The number of aryl methyl sites for hydroxylation is 1. The smallest absolute Gasteiger partial charge is 0.319 e. The number of amides is 2.